The van der Waals surface area contributed by atoms with Gasteiger partial charge in [0, 0.05) is 5.56 Å². The van der Waals surface area contributed by atoms with Crippen molar-refractivity contribution in [3.63, 3.8) is 0 Å². The molecule has 0 saturated carbocycles. The second-order valence-electron chi connectivity index (χ2n) is 8.96. The molecule has 2 amide bonds. The molecule has 0 aliphatic heterocycles. The van der Waals surface area contributed by atoms with Gasteiger partial charge >= 0.3 is 6.09 Å². The monoisotopic (exact) mass is 472 g/mol. The van der Waals surface area contributed by atoms with Gasteiger partial charge in [-0.3, -0.25) is 4.79 Å². The third-order valence-corrected chi connectivity index (χ3v) is 6.19. The molecule has 0 saturated heterocycles. The minimum atomic E-state index is -1.23. The normalized spacial score (nSPS) is 12.8. The lowest BCUT2D eigenvalue weighted by atomic mass is 9.98. The summed E-state index contributed by atoms with van der Waals surface area (Å²) in [7, 11) is 0. The zero-order valence-electron chi connectivity index (χ0n) is 20.8. The van der Waals surface area contributed by atoms with Crippen molar-refractivity contribution in [2.24, 2.45) is 5.92 Å². The van der Waals surface area contributed by atoms with Crippen molar-refractivity contribution in [1.29, 1.82) is 0 Å². The van der Waals surface area contributed by atoms with Gasteiger partial charge in [0.2, 0.25) is 17.6 Å². The number of carboxylic acid groups (broad SMARTS) is 1. The van der Waals surface area contributed by atoms with E-state index in [1.54, 1.807) is 0 Å². The molecule has 1 aromatic carbocycles. The molecule has 0 bridgehead atoms. The number of carbonyl (C=O) groups is 2. The van der Waals surface area contributed by atoms with Crippen molar-refractivity contribution < 1.29 is 19.2 Å². The first-order valence-electron chi connectivity index (χ1n) is 12.6. The number of hydrogen-bond donors (Lipinski definition) is 3. The van der Waals surface area contributed by atoms with E-state index in [0.717, 1.165) is 12.0 Å². The highest BCUT2D eigenvalue weighted by Gasteiger charge is 2.26. The van der Waals surface area contributed by atoms with E-state index in [1.165, 1.54) is 56.9 Å². The molecule has 0 radical (unpaired) electrons. The molecule has 2 unspecified atom stereocenters. The summed E-state index contributed by atoms with van der Waals surface area (Å²) < 4.78 is 5.26. The van der Waals surface area contributed by atoms with Crippen LogP contribution in [0.2, 0.25) is 0 Å². The number of nitrogens with one attached hydrogen (secondary N) is 2. The topological polar surface area (TPSA) is 117 Å². The van der Waals surface area contributed by atoms with Crippen LogP contribution < -0.4 is 10.6 Å². The number of rotatable bonds is 16. The summed E-state index contributed by atoms with van der Waals surface area (Å²) in [5, 5.41) is 17.9. The second-order valence-corrected chi connectivity index (χ2v) is 8.96. The first-order chi connectivity index (χ1) is 16.4. The maximum Gasteiger partial charge on any atom is 0.405 e. The standard InChI is InChI=1S/C26H40N4O4/c1-4-6-7-8-9-10-11-12-13-20-14-16-21(17-15-20)24-28-22(34-30-24)18-27-25(31)23(19(3)5-2)29-26(32)33/h14-17,19,23,29H,4-13,18H2,1-3H3,(H,27,31)(H,32,33). The van der Waals surface area contributed by atoms with Crippen LogP contribution in [0.4, 0.5) is 4.79 Å². The van der Waals surface area contributed by atoms with Crippen LogP contribution >= 0.6 is 0 Å². The Balaban J connectivity index is 1.78. The number of amides is 2. The Morgan fingerprint density at radius 2 is 1.65 bits per heavy atom. The summed E-state index contributed by atoms with van der Waals surface area (Å²) in [4.78, 5) is 27.8. The number of benzene rings is 1. The highest BCUT2D eigenvalue weighted by molar-refractivity contribution is 5.85. The molecule has 34 heavy (non-hydrogen) atoms. The third-order valence-electron chi connectivity index (χ3n) is 6.19. The fourth-order valence-corrected chi connectivity index (χ4v) is 3.84. The molecular weight excluding hydrogens is 432 g/mol. The SMILES string of the molecule is CCCCCCCCCCc1ccc(-c2noc(CNC(=O)C(NC(=O)O)C(C)CC)n2)cc1. The maximum absolute atomic E-state index is 12.4. The first kappa shape index (κ1) is 27.3. The molecule has 3 N–H and O–H groups in total. The number of unbranched alkanes of at least 4 members (excludes halogenated alkanes) is 7. The Morgan fingerprint density at radius 1 is 1.00 bits per heavy atom. The number of hydrogen-bond acceptors (Lipinski definition) is 5. The fraction of sp³-hybridized carbons (Fsp3) is 0.615. The van der Waals surface area contributed by atoms with E-state index in [9.17, 15) is 9.59 Å². The van der Waals surface area contributed by atoms with Crippen LogP contribution in [0.3, 0.4) is 0 Å². The van der Waals surface area contributed by atoms with E-state index in [4.69, 9.17) is 9.63 Å². The zero-order valence-corrected chi connectivity index (χ0v) is 20.8. The van der Waals surface area contributed by atoms with Crippen molar-refractivity contribution in [3.8, 4) is 11.4 Å². The van der Waals surface area contributed by atoms with Crippen molar-refractivity contribution in [2.75, 3.05) is 0 Å². The molecule has 8 heteroatoms. The van der Waals surface area contributed by atoms with Gasteiger partial charge in [-0.15, -0.1) is 0 Å². The van der Waals surface area contributed by atoms with Gasteiger partial charge in [-0.25, -0.2) is 4.79 Å². The number of nitrogens with zero attached hydrogens (tertiary/aromatic N) is 2. The summed E-state index contributed by atoms with van der Waals surface area (Å²) in [5.41, 5.74) is 2.15. The van der Waals surface area contributed by atoms with E-state index in [1.807, 2.05) is 26.0 Å². The smallest absolute Gasteiger partial charge is 0.405 e. The summed E-state index contributed by atoms with van der Waals surface area (Å²) in [6, 6.07) is 7.34. The molecule has 2 atom stereocenters. The Labute approximate surface area is 202 Å². The number of aromatic nitrogens is 2. The molecular formula is C26H40N4O4. The van der Waals surface area contributed by atoms with Gasteiger partial charge in [-0.05, 0) is 24.3 Å². The molecule has 188 valence electrons. The van der Waals surface area contributed by atoms with Gasteiger partial charge in [0.15, 0.2) is 0 Å². The van der Waals surface area contributed by atoms with Gasteiger partial charge in [-0.1, -0.05) is 102 Å². The van der Waals surface area contributed by atoms with Crippen molar-refractivity contribution >= 4 is 12.0 Å². The minimum Gasteiger partial charge on any atom is -0.465 e. The molecule has 0 spiro atoms. The van der Waals surface area contributed by atoms with E-state index in [0.29, 0.717) is 12.2 Å². The van der Waals surface area contributed by atoms with Gasteiger partial charge in [0.05, 0.1) is 6.54 Å². The molecule has 0 aliphatic carbocycles. The molecule has 2 rings (SSSR count). The van der Waals surface area contributed by atoms with Crippen LogP contribution in [-0.2, 0) is 17.8 Å². The predicted octanol–water partition coefficient (Wildman–Crippen LogP) is 5.72. The Bertz CT molecular complexity index is 866. The lowest BCUT2D eigenvalue weighted by molar-refractivity contribution is -0.124. The molecule has 0 fully saturated rings. The Kier molecular flexibility index (Phi) is 12.1. The van der Waals surface area contributed by atoms with Crippen molar-refractivity contribution in [3.05, 3.63) is 35.7 Å². The number of aryl methyl sites for hydroxylation is 1. The third kappa shape index (κ3) is 9.53. The molecule has 0 aliphatic rings. The van der Waals surface area contributed by atoms with Crippen LogP contribution in [0, 0.1) is 5.92 Å². The fourth-order valence-electron chi connectivity index (χ4n) is 3.84. The van der Waals surface area contributed by atoms with Crippen LogP contribution in [0.1, 0.15) is 90.0 Å². The highest BCUT2D eigenvalue weighted by Crippen LogP contribution is 2.18. The summed E-state index contributed by atoms with van der Waals surface area (Å²) in [5.74, 6) is 0.176. The van der Waals surface area contributed by atoms with E-state index in [-0.39, 0.29) is 18.4 Å². The van der Waals surface area contributed by atoms with Crippen LogP contribution in [0.15, 0.2) is 28.8 Å². The first-order valence-corrected chi connectivity index (χ1v) is 12.6. The second kappa shape index (κ2) is 15.1. The highest BCUT2D eigenvalue weighted by atomic mass is 16.5. The summed E-state index contributed by atoms with van der Waals surface area (Å²) in [6.07, 6.45) is 11.0. The molecule has 1 aromatic heterocycles. The largest absolute Gasteiger partial charge is 0.465 e. The quantitative estimate of drug-likeness (QED) is 0.269. The van der Waals surface area contributed by atoms with Gasteiger partial charge in [-0.2, -0.15) is 4.98 Å². The number of carbonyl (C=O) groups excluding carboxylic acids is 1. The van der Waals surface area contributed by atoms with Crippen LogP contribution in [0.5, 0.6) is 0 Å². The maximum atomic E-state index is 12.4. The van der Waals surface area contributed by atoms with Gasteiger partial charge in [0.1, 0.15) is 6.04 Å². The summed E-state index contributed by atoms with van der Waals surface area (Å²) in [6.45, 7) is 6.01. The summed E-state index contributed by atoms with van der Waals surface area (Å²) >= 11 is 0. The average molecular weight is 473 g/mol. The van der Waals surface area contributed by atoms with E-state index < -0.39 is 18.0 Å². The van der Waals surface area contributed by atoms with Crippen LogP contribution in [0.25, 0.3) is 11.4 Å². The molecule has 2 aromatic rings. The minimum absolute atomic E-state index is 0.0383. The lowest BCUT2D eigenvalue weighted by Gasteiger charge is -2.21. The van der Waals surface area contributed by atoms with Crippen LogP contribution in [-0.4, -0.2) is 33.3 Å². The van der Waals surface area contributed by atoms with Gasteiger partial charge in [0.25, 0.3) is 0 Å². The van der Waals surface area contributed by atoms with Crippen molar-refractivity contribution in [1.82, 2.24) is 20.8 Å². The molecule has 1 heterocycles. The van der Waals surface area contributed by atoms with E-state index in [2.05, 4.69) is 39.8 Å². The van der Waals surface area contributed by atoms with Gasteiger partial charge < -0.3 is 20.3 Å². The Morgan fingerprint density at radius 3 is 2.26 bits per heavy atom. The average Bonchev–Trinajstić information content (AvgIpc) is 3.31. The van der Waals surface area contributed by atoms with Crippen molar-refractivity contribution in [2.45, 2.75) is 97.6 Å². The predicted molar refractivity (Wildman–Crippen MR) is 132 cm³/mol. The zero-order chi connectivity index (χ0) is 24.8. The van der Waals surface area contributed by atoms with E-state index >= 15 is 0 Å². The lowest BCUT2D eigenvalue weighted by Crippen LogP contribution is -2.49. The molecule has 8 nitrogen and oxygen atoms in total. The Hall–Kier alpha value is -2.90.